The SMILES string of the molecule is BC(B)(Oc1ccc2c(c1)c(=O)n(C)c1c(C)nccc21)C(C)(CC(C)C)NC(=O)OC(C)(C)C. The first-order valence-electron chi connectivity index (χ1n) is 12.1. The van der Waals surface area contributed by atoms with Gasteiger partial charge in [-0.05, 0) is 76.6 Å². The van der Waals surface area contributed by atoms with Gasteiger partial charge in [0.15, 0.2) is 0 Å². The van der Waals surface area contributed by atoms with E-state index in [9.17, 15) is 9.59 Å². The third kappa shape index (κ3) is 5.49. The second-order valence-electron chi connectivity index (χ2n) is 11.5. The second kappa shape index (κ2) is 9.25. The van der Waals surface area contributed by atoms with Crippen molar-refractivity contribution in [1.82, 2.24) is 14.9 Å². The van der Waals surface area contributed by atoms with Crippen LogP contribution in [-0.4, -0.2) is 47.9 Å². The normalized spacial score (nSPS) is 14.2. The lowest BCUT2D eigenvalue weighted by Gasteiger charge is -2.46. The first-order chi connectivity index (χ1) is 16.0. The number of nitrogens with one attached hydrogen (secondary N) is 1. The lowest BCUT2D eigenvalue weighted by Crippen LogP contribution is -2.67. The van der Waals surface area contributed by atoms with Gasteiger partial charge in [0.1, 0.15) is 27.0 Å². The molecular weight excluding hydrogens is 440 g/mol. The predicted octanol–water partition coefficient (Wildman–Crippen LogP) is 3.02. The summed E-state index contributed by atoms with van der Waals surface area (Å²) in [6.07, 6.45) is 1.94. The summed E-state index contributed by atoms with van der Waals surface area (Å²) in [5.41, 5.74) is 0.176. The Morgan fingerprint density at radius 2 is 1.77 bits per heavy atom. The van der Waals surface area contributed by atoms with Crippen molar-refractivity contribution in [3.05, 3.63) is 46.5 Å². The van der Waals surface area contributed by atoms with Gasteiger partial charge in [-0.2, -0.15) is 0 Å². The zero-order valence-corrected chi connectivity index (χ0v) is 22.7. The molecule has 2 heterocycles. The van der Waals surface area contributed by atoms with E-state index in [1.165, 1.54) is 0 Å². The van der Waals surface area contributed by atoms with E-state index in [4.69, 9.17) is 9.47 Å². The number of pyridine rings is 2. The summed E-state index contributed by atoms with van der Waals surface area (Å²) < 4.78 is 13.7. The van der Waals surface area contributed by atoms with Crippen molar-refractivity contribution in [2.45, 2.75) is 71.4 Å². The smallest absolute Gasteiger partial charge is 0.408 e. The Morgan fingerprint density at radius 1 is 1.11 bits per heavy atom. The van der Waals surface area contributed by atoms with E-state index >= 15 is 0 Å². The number of amides is 1. The fourth-order valence-corrected chi connectivity index (χ4v) is 4.68. The van der Waals surface area contributed by atoms with Gasteiger partial charge >= 0.3 is 6.09 Å². The highest BCUT2D eigenvalue weighted by Crippen LogP contribution is 2.32. The summed E-state index contributed by atoms with van der Waals surface area (Å²) in [6, 6.07) is 7.52. The van der Waals surface area contributed by atoms with Crippen molar-refractivity contribution in [3.63, 3.8) is 0 Å². The Kier molecular flexibility index (Phi) is 7.04. The molecule has 0 saturated heterocycles. The van der Waals surface area contributed by atoms with Crippen LogP contribution in [0.1, 0.15) is 53.7 Å². The van der Waals surface area contributed by atoms with Crippen LogP contribution in [0, 0.1) is 12.8 Å². The summed E-state index contributed by atoms with van der Waals surface area (Å²) in [6.45, 7) is 13.6. The molecule has 0 aliphatic rings. The van der Waals surface area contributed by atoms with Gasteiger partial charge in [0, 0.05) is 18.6 Å². The number of benzene rings is 1. The topological polar surface area (TPSA) is 82.5 Å². The van der Waals surface area contributed by atoms with E-state index in [1.54, 1.807) is 23.9 Å². The van der Waals surface area contributed by atoms with Crippen LogP contribution < -0.4 is 15.6 Å². The van der Waals surface area contributed by atoms with Gasteiger partial charge in [-0.3, -0.25) is 9.78 Å². The van der Waals surface area contributed by atoms with Crippen LogP contribution in [0.2, 0.25) is 0 Å². The number of aryl methyl sites for hydroxylation is 2. The largest absolute Gasteiger partial charge is 0.503 e. The Morgan fingerprint density at radius 3 is 2.37 bits per heavy atom. The number of aromatic nitrogens is 2. The molecule has 2 aromatic heterocycles. The average Bonchev–Trinajstić information content (AvgIpc) is 2.69. The molecule has 1 aromatic carbocycles. The van der Waals surface area contributed by atoms with Crippen molar-refractivity contribution in [1.29, 1.82) is 0 Å². The number of hydrogen-bond acceptors (Lipinski definition) is 5. The standard InChI is InChI=1S/C26H37B2N3O4/c1-15(2)14-25(7,30-23(33)35-24(4,5)6)26(27,28)34-17-9-10-18-19-11-12-29-16(3)21(19)31(8)22(32)20(18)13-17/h9-13,15H,14,27-28H2,1-8H3,(H,30,33). The third-order valence-corrected chi connectivity index (χ3v) is 6.55. The van der Waals surface area contributed by atoms with Crippen LogP contribution in [0.25, 0.3) is 21.7 Å². The maximum atomic E-state index is 13.2. The number of carbonyl (C=O) groups excluding carboxylic acids is 1. The van der Waals surface area contributed by atoms with E-state index in [2.05, 4.69) is 24.1 Å². The number of alkyl carbamates (subject to hydrolysis) is 1. The quantitative estimate of drug-likeness (QED) is 0.436. The minimum Gasteiger partial charge on any atom is -0.503 e. The molecule has 7 nitrogen and oxygen atoms in total. The first kappa shape index (κ1) is 26.6. The van der Waals surface area contributed by atoms with Crippen molar-refractivity contribution in [2.75, 3.05) is 0 Å². The molecule has 3 rings (SSSR count). The molecule has 35 heavy (non-hydrogen) atoms. The van der Waals surface area contributed by atoms with E-state index in [0.29, 0.717) is 23.5 Å². The Hall–Kier alpha value is -2.96. The van der Waals surface area contributed by atoms with Gasteiger partial charge in [-0.15, -0.1) is 0 Å². The van der Waals surface area contributed by atoms with Crippen molar-refractivity contribution >= 4 is 43.5 Å². The molecule has 0 aliphatic heterocycles. The van der Waals surface area contributed by atoms with Gasteiger partial charge < -0.3 is 19.4 Å². The minimum absolute atomic E-state index is 0.108. The highest BCUT2D eigenvalue weighted by atomic mass is 16.6. The lowest BCUT2D eigenvalue weighted by molar-refractivity contribution is 0.0325. The zero-order chi connectivity index (χ0) is 26.3. The Bertz CT molecular complexity index is 1330. The Labute approximate surface area is 209 Å². The number of ether oxygens (including phenoxy) is 2. The van der Waals surface area contributed by atoms with Gasteiger partial charge in [0.2, 0.25) is 0 Å². The molecular formula is C26H37B2N3O4. The highest BCUT2D eigenvalue weighted by molar-refractivity contribution is 6.40. The predicted molar refractivity (Wildman–Crippen MR) is 147 cm³/mol. The molecule has 1 unspecified atom stereocenters. The van der Waals surface area contributed by atoms with E-state index in [1.807, 2.05) is 68.5 Å². The van der Waals surface area contributed by atoms with Gasteiger partial charge in [0.05, 0.1) is 27.5 Å². The van der Waals surface area contributed by atoms with Crippen molar-refractivity contribution < 1.29 is 14.3 Å². The molecule has 0 fully saturated rings. The third-order valence-electron chi connectivity index (χ3n) is 6.55. The van der Waals surface area contributed by atoms with Crippen molar-refractivity contribution in [3.8, 4) is 5.75 Å². The molecule has 0 saturated carbocycles. The maximum Gasteiger partial charge on any atom is 0.408 e. The van der Waals surface area contributed by atoms with Crippen molar-refractivity contribution in [2.24, 2.45) is 13.0 Å². The van der Waals surface area contributed by atoms with Gasteiger partial charge in [-0.1, -0.05) is 13.8 Å². The summed E-state index contributed by atoms with van der Waals surface area (Å²) in [7, 11) is 5.66. The zero-order valence-electron chi connectivity index (χ0n) is 22.7. The van der Waals surface area contributed by atoms with Crippen LogP contribution in [-0.2, 0) is 11.8 Å². The molecule has 1 N–H and O–H groups in total. The van der Waals surface area contributed by atoms with E-state index < -0.39 is 22.6 Å². The summed E-state index contributed by atoms with van der Waals surface area (Å²) in [5.74, 6) is 0.857. The molecule has 0 aliphatic carbocycles. The molecule has 186 valence electrons. The maximum absolute atomic E-state index is 13.2. The summed E-state index contributed by atoms with van der Waals surface area (Å²) in [5, 5.41) is 4.66. The summed E-state index contributed by atoms with van der Waals surface area (Å²) >= 11 is 0. The molecule has 1 amide bonds. The molecule has 1 atom stereocenters. The molecule has 9 heteroatoms. The van der Waals surface area contributed by atoms with E-state index in [-0.39, 0.29) is 5.56 Å². The van der Waals surface area contributed by atoms with E-state index in [0.717, 1.165) is 22.0 Å². The number of hydrogen-bond donors (Lipinski definition) is 1. The van der Waals surface area contributed by atoms with Gasteiger partial charge in [-0.25, -0.2) is 4.79 Å². The van der Waals surface area contributed by atoms with Crippen LogP contribution in [0.3, 0.4) is 0 Å². The average molecular weight is 477 g/mol. The highest BCUT2D eigenvalue weighted by Gasteiger charge is 2.45. The summed E-state index contributed by atoms with van der Waals surface area (Å²) in [4.78, 5) is 30.3. The number of nitrogens with zero attached hydrogens (tertiary/aromatic N) is 2. The fraction of sp³-hybridized carbons (Fsp3) is 0.500. The van der Waals surface area contributed by atoms with Crippen LogP contribution in [0.15, 0.2) is 35.3 Å². The van der Waals surface area contributed by atoms with Crippen LogP contribution in [0.5, 0.6) is 5.75 Å². The number of rotatable bonds is 6. The van der Waals surface area contributed by atoms with Crippen LogP contribution >= 0.6 is 0 Å². The first-order valence-corrected chi connectivity index (χ1v) is 12.1. The monoisotopic (exact) mass is 477 g/mol. The molecule has 0 bridgehead atoms. The van der Waals surface area contributed by atoms with Crippen LogP contribution in [0.4, 0.5) is 4.79 Å². The molecule has 0 spiro atoms. The molecule has 3 aromatic rings. The number of carbonyl (C=O) groups is 1. The Balaban J connectivity index is 2.04. The minimum atomic E-state index is -0.815. The van der Waals surface area contributed by atoms with Gasteiger partial charge in [0.25, 0.3) is 5.56 Å². The fourth-order valence-electron chi connectivity index (χ4n) is 4.68. The number of fused-ring (bicyclic) bond motifs is 3. The molecule has 0 radical (unpaired) electrons. The second-order valence-corrected chi connectivity index (χ2v) is 11.5. The lowest BCUT2D eigenvalue weighted by atomic mass is 9.53.